The van der Waals surface area contributed by atoms with Crippen molar-refractivity contribution in [3.05, 3.63) is 125 Å². The molecule has 2 amide bonds. The molecule has 8 heteroatoms. The number of aryl methyl sites for hydroxylation is 1. The van der Waals surface area contributed by atoms with E-state index in [0.717, 1.165) is 16.0 Å². The van der Waals surface area contributed by atoms with Crippen molar-refractivity contribution in [3.8, 4) is 0 Å². The molecule has 186 valence electrons. The van der Waals surface area contributed by atoms with E-state index in [9.17, 15) is 23.9 Å². The van der Waals surface area contributed by atoms with Crippen molar-refractivity contribution in [3.63, 3.8) is 0 Å². The Kier molecular flexibility index (Phi) is 8.00. The van der Waals surface area contributed by atoms with Gasteiger partial charge in [0.2, 0.25) is 5.91 Å². The van der Waals surface area contributed by atoms with Crippen LogP contribution in [0, 0.1) is 12.7 Å². The maximum Gasteiger partial charge on any atom is 0.335 e. The third-order valence-electron chi connectivity index (χ3n) is 5.56. The third-order valence-corrected chi connectivity index (χ3v) is 6.82. The number of carboxylic acid groups (broad SMARTS) is 1. The van der Waals surface area contributed by atoms with E-state index in [1.165, 1.54) is 48.2 Å². The van der Waals surface area contributed by atoms with Crippen molar-refractivity contribution in [1.29, 1.82) is 0 Å². The normalized spacial score (nSPS) is 11.4. The summed E-state index contributed by atoms with van der Waals surface area (Å²) in [6.45, 7) is 1.80. The van der Waals surface area contributed by atoms with Gasteiger partial charge in [0.15, 0.2) is 0 Å². The van der Waals surface area contributed by atoms with Crippen LogP contribution in [-0.2, 0) is 4.79 Å². The molecule has 0 aliphatic carbocycles. The van der Waals surface area contributed by atoms with Crippen molar-refractivity contribution in [2.45, 2.75) is 17.1 Å². The van der Waals surface area contributed by atoms with Crippen molar-refractivity contribution in [2.24, 2.45) is 0 Å². The van der Waals surface area contributed by atoms with Crippen molar-refractivity contribution in [2.75, 3.05) is 10.6 Å². The number of thioether (sulfide) groups is 1. The molecule has 0 aromatic heterocycles. The number of hydrogen-bond acceptors (Lipinski definition) is 4. The van der Waals surface area contributed by atoms with E-state index in [0.29, 0.717) is 16.9 Å². The van der Waals surface area contributed by atoms with Gasteiger partial charge in [0.25, 0.3) is 5.91 Å². The fourth-order valence-electron chi connectivity index (χ4n) is 3.55. The van der Waals surface area contributed by atoms with E-state index < -0.39 is 17.0 Å². The topological polar surface area (TPSA) is 95.5 Å². The Balaban J connectivity index is 1.51. The number of hydrogen-bond donors (Lipinski definition) is 3. The van der Waals surface area contributed by atoms with Crippen LogP contribution in [0.25, 0.3) is 0 Å². The molecule has 6 nitrogen and oxygen atoms in total. The first-order chi connectivity index (χ1) is 17.8. The van der Waals surface area contributed by atoms with E-state index in [-0.39, 0.29) is 17.4 Å². The van der Waals surface area contributed by atoms with E-state index >= 15 is 0 Å². The molecule has 1 unspecified atom stereocenters. The lowest BCUT2D eigenvalue weighted by Gasteiger charge is -2.18. The van der Waals surface area contributed by atoms with Gasteiger partial charge in [0.1, 0.15) is 11.1 Å². The molecular formula is C29H23FN2O4S. The fourth-order valence-corrected chi connectivity index (χ4v) is 4.57. The maximum absolute atomic E-state index is 13.4. The lowest BCUT2D eigenvalue weighted by molar-refractivity contribution is -0.115. The molecule has 3 N–H and O–H groups in total. The van der Waals surface area contributed by atoms with E-state index in [1.807, 2.05) is 30.3 Å². The van der Waals surface area contributed by atoms with E-state index in [1.54, 1.807) is 37.3 Å². The second kappa shape index (κ2) is 11.5. The van der Waals surface area contributed by atoms with E-state index in [4.69, 9.17) is 0 Å². The highest BCUT2D eigenvalue weighted by atomic mass is 32.2. The molecule has 0 bridgehead atoms. The fraction of sp³-hybridized carbons (Fsp3) is 0.0690. The standard InChI is InChI=1S/C29H23FN2O4S/c1-18-7-8-21(29(35)36)17-25(18)32-28(34)26(19-5-3-2-4-6-19)37-24-15-13-23(14-16-24)31-27(33)20-9-11-22(30)12-10-20/h2-17,26H,1H3,(H,31,33)(H,32,34)(H,35,36). The molecule has 4 aromatic carbocycles. The zero-order valence-electron chi connectivity index (χ0n) is 19.8. The molecule has 0 aliphatic rings. The average molecular weight is 515 g/mol. The monoisotopic (exact) mass is 514 g/mol. The largest absolute Gasteiger partial charge is 0.478 e. The van der Waals surface area contributed by atoms with Crippen LogP contribution in [0.2, 0.25) is 0 Å². The summed E-state index contributed by atoms with van der Waals surface area (Å²) in [4.78, 5) is 38.0. The summed E-state index contributed by atoms with van der Waals surface area (Å²) < 4.78 is 13.1. The summed E-state index contributed by atoms with van der Waals surface area (Å²) in [6, 6.07) is 26.2. The number of aromatic carboxylic acids is 1. The number of carbonyl (C=O) groups excluding carboxylic acids is 2. The number of carbonyl (C=O) groups is 3. The van der Waals surface area contributed by atoms with Gasteiger partial charge >= 0.3 is 5.97 Å². The maximum atomic E-state index is 13.4. The van der Waals surface area contributed by atoms with Gasteiger partial charge in [-0.2, -0.15) is 0 Å². The van der Waals surface area contributed by atoms with Crippen LogP contribution in [0.3, 0.4) is 0 Å². The molecule has 0 saturated carbocycles. The SMILES string of the molecule is Cc1ccc(C(=O)O)cc1NC(=O)C(Sc1ccc(NC(=O)c2ccc(F)cc2)cc1)c1ccccc1. The predicted molar refractivity (Wildman–Crippen MR) is 143 cm³/mol. The first kappa shape index (κ1) is 25.7. The lowest BCUT2D eigenvalue weighted by Crippen LogP contribution is -2.20. The van der Waals surface area contributed by atoms with Gasteiger partial charge in [-0.1, -0.05) is 36.4 Å². The number of nitrogens with one attached hydrogen (secondary N) is 2. The van der Waals surface area contributed by atoms with Crippen LogP contribution in [0.5, 0.6) is 0 Å². The first-order valence-corrected chi connectivity index (χ1v) is 12.2. The third kappa shape index (κ3) is 6.62. The van der Waals surface area contributed by atoms with Crippen LogP contribution in [0.1, 0.15) is 37.1 Å². The minimum atomic E-state index is -1.07. The highest BCUT2D eigenvalue weighted by Gasteiger charge is 2.23. The quantitative estimate of drug-likeness (QED) is 0.232. The molecule has 1 atom stereocenters. The average Bonchev–Trinajstić information content (AvgIpc) is 2.90. The second-order valence-corrected chi connectivity index (χ2v) is 9.40. The number of carboxylic acids is 1. The summed E-state index contributed by atoms with van der Waals surface area (Å²) in [6.07, 6.45) is 0. The van der Waals surface area contributed by atoms with Crippen molar-refractivity contribution >= 4 is 40.9 Å². The lowest BCUT2D eigenvalue weighted by atomic mass is 10.1. The number of halogens is 1. The molecular weight excluding hydrogens is 491 g/mol. The molecule has 4 aromatic rings. The summed E-state index contributed by atoms with van der Waals surface area (Å²) in [5, 5.41) is 14.3. The number of amides is 2. The molecule has 0 heterocycles. The van der Waals surface area contributed by atoms with Gasteiger partial charge in [-0.15, -0.1) is 11.8 Å². The Hall–Kier alpha value is -4.43. The minimum absolute atomic E-state index is 0.0862. The molecule has 0 saturated heterocycles. The van der Waals surface area contributed by atoms with E-state index in [2.05, 4.69) is 10.6 Å². The molecule has 0 radical (unpaired) electrons. The summed E-state index contributed by atoms with van der Waals surface area (Å²) in [5.74, 6) is -2.15. The smallest absolute Gasteiger partial charge is 0.335 e. The zero-order valence-corrected chi connectivity index (χ0v) is 20.6. The number of benzene rings is 4. The van der Waals surface area contributed by atoms with Gasteiger partial charge in [0.05, 0.1) is 5.56 Å². The molecule has 37 heavy (non-hydrogen) atoms. The molecule has 0 fully saturated rings. The first-order valence-electron chi connectivity index (χ1n) is 11.3. The van der Waals surface area contributed by atoms with Gasteiger partial charge < -0.3 is 15.7 Å². The van der Waals surface area contributed by atoms with Crippen molar-refractivity contribution < 1.29 is 23.9 Å². The summed E-state index contributed by atoms with van der Waals surface area (Å²) in [7, 11) is 0. The van der Waals surface area contributed by atoms with Gasteiger partial charge in [-0.3, -0.25) is 9.59 Å². The van der Waals surface area contributed by atoms with Crippen LogP contribution in [0.15, 0.2) is 102 Å². The zero-order chi connectivity index (χ0) is 26.4. The van der Waals surface area contributed by atoms with Crippen LogP contribution >= 0.6 is 11.8 Å². The molecule has 0 aliphatic heterocycles. The van der Waals surface area contributed by atoms with Crippen LogP contribution in [-0.4, -0.2) is 22.9 Å². The summed E-state index contributed by atoms with van der Waals surface area (Å²) in [5.41, 5.74) is 2.94. The Morgan fingerprint density at radius 1 is 0.811 bits per heavy atom. The van der Waals surface area contributed by atoms with Gasteiger partial charge in [-0.25, -0.2) is 9.18 Å². The number of anilines is 2. The van der Waals surface area contributed by atoms with Crippen molar-refractivity contribution in [1.82, 2.24) is 0 Å². The van der Waals surface area contributed by atoms with Gasteiger partial charge in [-0.05, 0) is 78.7 Å². The Bertz CT molecular complexity index is 1420. The van der Waals surface area contributed by atoms with Gasteiger partial charge in [0, 0.05) is 21.8 Å². The molecule has 0 spiro atoms. The summed E-state index contributed by atoms with van der Waals surface area (Å²) >= 11 is 1.33. The Morgan fingerprint density at radius 3 is 2.11 bits per heavy atom. The minimum Gasteiger partial charge on any atom is -0.478 e. The highest BCUT2D eigenvalue weighted by molar-refractivity contribution is 8.00. The molecule has 4 rings (SSSR count). The number of rotatable bonds is 8. The van der Waals surface area contributed by atoms with Crippen LogP contribution < -0.4 is 10.6 Å². The Morgan fingerprint density at radius 2 is 1.46 bits per heavy atom. The Labute approximate surface area is 217 Å². The predicted octanol–water partition coefficient (Wildman–Crippen LogP) is 6.56. The highest BCUT2D eigenvalue weighted by Crippen LogP contribution is 2.37. The van der Waals surface area contributed by atoms with Crippen LogP contribution in [0.4, 0.5) is 15.8 Å². The second-order valence-electron chi connectivity index (χ2n) is 8.22.